The summed E-state index contributed by atoms with van der Waals surface area (Å²) in [4.78, 5) is 48.0. The first-order chi connectivity index (χ1) is 14.3. The summed E-state index contributed by atoms with van der Waals surface area (Å²) in [6.45, 7) is 1.20. The third-order valence-corrected chi connectivity index (χ3v) is 4.89. The fourth-order valence-electron chi connectivity index (χ4n) is 3.39. The molecular formula is C20H20N4O6. The van der Waals surface area contributed by atoms with Crippen molar-refractivity contribution in [1.29, 1.82) is 0 Å². The first-order valence-corrected chi connectivity index (χ1v) is 9.42. The first kappa shape index (κ1) is 20.9. The molecule has 0 bridgehead atoms. The number of carbonyl (C=O) groups excluding carboxylic acids is 2. The van der Waals surface area contributed by atoms with Crippen LogP contribution in [0.2, 0.25) is 0 Å². The molecule has 0 aliphatic carbocycles. The Kier molecular flexibility index (Phi) is 6.35. The monoisotopic (exact) mass is 412 g/mol. The summed E-state index contributed by atoms with van der Waals surface area (Å²) in [6.07, 6.45) is 2.00. The quantitative estimate of drug-likeness (QED) is 0.548. The molecule has 1 aliphatic heterocycles. The summed E-state index contributed by atoms with van der Waals surface area (Å²) in [5, 5.41) is 24.8. The van der Waals surface area contributed by atoms with Gasteiger partial charge >= 0.3 is 0 Å². The summed E-state index contributed by atoms with van der Waals surface area (Å²) in [6, 6.07) is 10.9. The molecular weight excluding hydrogens is 392 g/mol. The van der Waals surface area contributed by atoms with E-state index in [4.69, 9.17) is 0 Å². The third-order valence-electron chi connectivity index (χ3n) is 4.89. The maximum Gasteiger partial charge on any atom is 0.277 e. The Bertz CT molecular complexity index is 940. The molecule has 2 amide bonds. The van der Waals surface area contributed by atoms with E-state index in [2.05, 4.69) is 5.32 Å². The molecule has 1 unspecified atom stereocenters. The van der Waals surface area contributed by atoms with Gasteiger partial charge in [0, 0.05) is 31.6 Å². The zero-order valence-electron chi connectivity index (χ0n) is 16.0. The van der Waals surface area contributed by atoms with Crippen molar-refractivity contribution in [2.75, 3.05) is 13.1 Å². The van der Waals surface area contributed by atoms with Gasteiger partial charge in [0.15, 0.2) is 0 Å². The number of hydrogen-bond acceptors (Lipinski definition) is 6. The number of likely N-dealkylation sites (tertiary alicyclic amines) is 1. The van der Waals surface area contributed by atoms with Crippen molar-refractivity contribution in [3.8, 4) is 0 Å². The van der Waals surface area contributed by atoms with E-state index in [1.165, 1.54) is 0 Å². The van der Waals surface area contributed by atoms with Gasteiger partial charge in [-0.3, -0.25) is 29.8 Å². The summed E-state index contributed by atoms with van der Waals surface area (Å²) in [5.74, 6) is -1.03. The van der Waals surface area contributed by atoms with E-state index in [0.717, 1.165) is 36.6 Å². The molecule has 2 aromatic carbocycles. The van der Waals surface area contributed by atoms with Crippen molar-refractivity contribution in [3.63, 3.8) is 0 Å². The maximum absolute atomic E-state index is 13.0. The Hall–Kier alpha value is -3.82. The van der Waals surface area contributed by atoms with E-state index in [9.17, 15) is 29.8 Å². The highest BCUT2D eigenvalue weighted by molar-refractivity contribution is 5.98. The van der Waals surface area contributed by atoms with Gasteiger partial charge in [-0.05, 0) is 18.4 Å². The lowest BCUT2D eigenvalue weighted by Crippen LogP contribution is -2.49. The zero-order valence-corrected chi connectivity index (χ0v) is 16.0. The molecule has 1 heterocycles. The molecule has 0 saturated carbocycles. The smallest absolute Gasteiger partial charge is 0.277 e. The number of non-ortho nitro benzene ring substituents is 2. The lowest BCUT2D eigenvalue weighted by atomic mass is 10.0. The van der Waals surface area contributed by atoms with E-state index in [-0.39, 0.29) is 17.9 Å². The third kappa shape index (κ3) is 4.96. The number of nitro benzene ring substituents is 2. The van der Waals surface area contributed by atoms with Gasteiger partial charge in [-0.25, -0.2) is 0 Å². The Balaban J connectivity index is 1.87. The molecule has 1 atom stereocenters. The van der Waals surface area contributed by atoms with Crippen LogP contribution in [0.3, 0.4) is 0 Å². The van der Waals surface area contributed by atoms with Crippen molar-refractivity contribution < 1.29 is 19.4 Å². The van der Waals surface area contributed by atoms with Crippen LogP contribution >= 0.6 is 0 Å². The second kappa shape index (κ2) is 9.12. The van der Waals surface area contributed by atoms with Gasteiger partial charge in [0.05, 0.1) is 21.5 Å². The fourth-order valence-corrected chi connectivity index (χ4v) is 3.39. The number of nitro groups is 2. The van der Waals surface area contributed by atoms with Crippen LogP contribution < -0.4 is 5.32 Å². The van der Waals surface area contributed by atoms with Crippen molar-refractivity contribution in [2.45, 2.75) is 25.3 Å². The Labute approximate surface area is 171 Å². The van der Waals surface area contributed by atoms with E-state index >= 15 is 0 Å². The van der Waals surface area contributed by atoms with Crippen molar-refractivity contribution in [3.05, 3.63) is 79.9 Å². The zero-order chi connectivity index (χ0) is 21.7. The van der Waals surface area contributed by atoms with Crippen LogP contribution in [0.5, 0.6) is 0 Å². The second-order valence-electron chi connectivity index (χ2n) is 7.00. The van der Waals surface area contributed by atoms with Gasteiger partial charge in [-0.1, -0.05) is 30.3 Å². The molecule has 0 spiro atoms. The number of carbonyl (C=O) groups is 2. The maximum atomic E-state index is 13.0. The number of rotatable bonds is 7. The van der Waals surface area contributed by atoms with Crippen molar-refractivity contribution >= 4 is 23.2 Å². The molecule has 1 fully saturated rings. The topological polar surface area (TPSA) is 136 Å². The highest BCUT2D eigenvalue weighted by Gasteiger charge is 2.29. The largest absolute Gasteiger partial charge is 0.341 e. The van der Waals surface area contributed by atoms with E-state index in [0.29, 0.717) is 13.1 Å². The van der Waals surface area contributed by atoms with E-state index in [1.54, 1.807) is 4.90 Å². The summed E-state index contributed by atoms with van der Waals surface area (Å²) in [7, 11) is 0. The number of benzene rings is 2. The molecule has 2 aromatic rings. The van der Waals surface area contributed by atoms with Gasteiger partial charge in [-0.15, -0.1) is 0 Å². The lowest BCUT2D eigenvalue weighted by Gasteiger charge is -2.24. The minimum atomic E-state index is -0.892. The molecule has 1 saturated heterocycles. The van der Waals surface area contributed by atoms with Gasteiger partial charge in [0.2, 0.25) is 5.91 Å². The molecule has 0 radical (unpaired) electrons. The van der Waals surface area contributed by atoms with Gasteiger partial charge in [0.25, 0.3) is 17.3 Å². The van der Waals surface area contributed by atoms with Gasteiger partial charge in [-0.2, -0.15) is 0 Å². The molecule has 3 rings (SSSR count). The van der Waals surface area contributed by atoms with Crippen LogP contribution in [0.4, 0.5) is 11.4 Å². The number of nitrogens with one attached hydrogen (secondary N) is 1. The van der Waals surface area contributed by atoms with Crippen LogP contribution in [-0.4, -0.2) is 45.7 Å². The normalized spacial score (nSPS) is 14.2. The molecule has 10 nitrogen and oxygen atoms in total. The molecule has 1 aliphatic rings. The van der Waals surface area contributed by atoms with Crippen LogP contribution in [0.25, 0.3) is 0 Å². The highest BCUT2D eigenvalue weighted by atomic mass is 16.6. The van der Waals surface area contributed by atoms with Gasteiger partial charge < -0.3 is 10.2 Å². The predicted octanol–water partition coefficient (Wildman–Crippen LogP) is 2.47. The van der Waals surface area contributed by atoms with Crippen LogP contribution in [-0.2, 0) is 11.2 Å². The molecule has 0 aromatic heterocycles. The van der Waals surface area contributed by atoms with E-state index in [1.807, 2.05) is 30.3 Å². The van der Waals surface area contributed by atoms with E-state index < -0.39 is 33.2 Å². The van der Waals surface area contributed by atoms with Crippen LogP contribution in [0.15, 0.2) is 48.5 Å². The fraction of sp³-hybridized carbons (Fsp3) is 0.300. The Morgan fingerprint density at radius 2 is 1.53 bits per heavy atom. The standard InChI is InChI=1S/C20H20N4O6/c25-19(15-11-16(23(27)28)13-17(12-15)24(29)30)21-18(10-14-6-2-1-3-7-14)20(26)22-8-4-5-9-22/h1-3,6-7,11-13,18H,4-5,8-10H2,(H,21,25). The lowest BCUT2D eigenvalue weighted by molar-refractivity contribution is -0.394. The molecule has 1 N–H and O–H groups in total. The van der Waals surface area contributed by atoms with Gasteiger partial charge in [0.1, 0.15) is 6.04 Å². The van der Waals surface area contributed by atoms with Crippen LogP contribution in [0, 0.1) is 20.2 Å². The molecule has 156 valence electrons. The second-order valence-corrected chi connectivity index (χ2v) is 7.00. The molecule has 10 heteroatoms. The Morgan fingerprint density at radius 1 is 0.967 bits per heavy atom. The number of nitrogens with zero attached hydrogens (tertiary/aromatic N) is 3. The summed E-state index contributed by atoms with van der Waals surface area (Å²) < 4.78 is 0. The minimum Gasteiger partial charge on any atom is -0.341 e. The number of amides is 2. The predicted molar refractivity (Wildman–Crippen MR) is 107 cm³/mol. The highest BCUT2D eigenvalue weighted by Crippen LogP contribution is 2.23. The number of hydrogen-bond donors (Lipinski definition) is 1. The minimum absolute atomic E-state index is 0.235. The average Bonchev–Trinajstić information content (AvgIpc) is 3.28. The SMILES string of the molecule is O=C(NC(Cc1ccccc1)C(=O)N1CCCC1)c1cc([N+](=O)[O-])cc([N+](=O)[O-])c1. The van der Waals surface area contributed by atoms with Crippen molar-refractivity contribution in [1.82, 2.24) is 10.2 Å². The van der Waals surface area contributed by atoms with Crippen LogP contribution in [0.1, 0.15) is 28.8 Å². The average molecular weight is 412 g/mol. The Morgan fingerprint density at radius 3 is 2.07 bits per heavy atom. The summed E-state index contributed by atoms with van der Waals surface area (Å²) in [5.41, 5.74) is -0.553. The van der Waals surface area contributed by atoms with Crippen molar-refractivity contribution in [2.24, 2.45) is 0 Å². The summed E-state index contributed by atoms with van der Waals surface area (Å²) >= 11 is 0. The first-order valence-electron chi connectivity index (χ1n) is 9.42. The molecule has 30 heavy (non-hydrogen) atoms.